The molecule has 1 fully saturated rings. The Balaban J connectivity index is 0.00000240. The highest BCUT2D eigenvalue weighted by Crippen LogP contribution is 2.34. The Morgan fingerprint density at radius 3 is 2.45 bits per heavy atom. The Morgan fingerprint density at radius 2 is 1.79 bits per heavy atom. The number of fused-ring (bicyclic) bond motifs is 1. The number of hydrogen-bond acceptors (Lipinski definition) is 4. The van der Waals surface area contributed by atoms with Crippen LogP contribution in [-0.4, -0.2) is 38.2 Å². The van der Waals surface area contributed by atoms with E-state index in [9.17, 15) is 4.79 Å². The van der Waals surface area contributed by atoms with Crippen LogP contribution in [0.15, 0.2) is 30.3 Å². The average molecular weight is 418 g/mol. The topological polar surface area (TPSA) is 77.0 Å². The largest absolute Gasteiger partial charge is 0.329 e. The van der Waals surface area contributed by atoms with E-state index in [0.29, 0.717) is 19.0 Å². The van der Waals surface area contributed by atoms with Crippen molar-refractivity contribution < 1.29 is 4.79 Å². The van der Waals surface area contributed by atoms with Gasteiger partial charge in [0, 0.05) is 12.1 Å². The minimum atomic E-state index is -0.399. The molecule has 1 aliphatic heterocycles. The molecule has 0 unspecified atom stereocenters. The molecule has 2 atom stereocenters. The lowest BCUT2D eigenvalue weighted by atomic mass is 9.83. The molecule has 1 aliphatic carbocycles. The Hall–Kier alpha value is -1.92. The van der Waals surface area contributed by atoms with Crippen molar-refractivity contribution in [3.8, 4) is 11.4 Å². The molecular weight excluding hydrogens is 386 g/mol. The maximum Gasteiger partial charge on any atom is 0.240 e. The number of aromatic nitrogens is 3. The van der Waals surface area contributed by atoms with E-state index in [1.165, 1.54) is 19.3 Å². The number of carbonyl (C=O) groups is 1. The van der Waals surface area contributed by atoms with Crippen LogP contribution >= 0.6 is 12.4 Å². The van der Waals surface area contributed by atoms with Crippen molar-refractivity contribution in [3.63, 3.8) is 0 Å². The highest BCUT2D eigenvalue weighted by Gasteiger charge is 2.39. The van der Waals surface area contributed by atoms with Gasteiger partial charge in [0.15, 0.2) is 11.6 Å². The minimum Gasteiger partial charge on any atom is -0.329 e. The fraction of sp³-hybridized carbons (Fsp3) is 0.591. The fourth-order valence-electron chi connectivity index (χ4n) is 4.72. The van der Waals surface area contributed by atoms with Crippen LogP contribution in [0.1, 0.15) is 57.8 Å². The second-order valence-corrected chi connectivity index (χ2v) is 8.53. The molecule has 4 rings (SSSR count). The minimum absolute atomic E-state index is 0. The zero-order valence-corrected chi connectivity index (χ0v) is 18.1. The number of nitrogens with zero attached hydrogens (tertiary/aromatic N) is 4. The molecule has 158 valence electrons. The van der Waals surface area contributed by atoms with Crippen LogP contribution in [0.3, 0.4) is 0 Å². The molecule has 2 aliphatic rings. The van der Waals surface area contributed by atoms with Crippen LogP contribution in [-0.2, 0) is 11.3 Å². The highest BCUT2D eigenvalue weighted by molar-refractivity contribution is 5.85. The van der Waals surface area contributed by atoms with Crippen LogP contribution < -0.4 is 5.73 Å². The smallest absolute Gasteiger partial charge is 0.240 e. The van der Waals surface area contributed by atoms with E-state index in [-0.39, 0.29) is 30.3 Å². The number of benzene rings is 1. The highest BCUT2D eigenvalue weighted by atomic mass is 35.5. The molecule has 2 N–H and O–H groups in total. The first-order chi connectivity index (χ1) is 13.6. The lowest BCUT2D eigenvalue weighted by Crippen LogP contribution is -2.53. The van der Waals surface area contributed by atoms with E-state index < -0.39 is 6.04 Å². The lowest BCUT2D eigenvalue weighted by molar-refractivity contribution is -0.139. The molecule has 1 saturated carbocycles. The van der Waals surface area contributed by atoms with Crippen molar-refractivity contribution in [1.82, 2.24) is 19.7 Å². The summed E-state index contributed by atoms with van der Waals surface area (Å²) in [5.41, 5.74) is 7.47. The van der Waals surface area contributed by atoms with Gasteiger partial charge in [-0.3, -0.25) is 4.79 Å². The second kappa shape index (κ2) is 9.26. The van der Waals surface area contributed by atoms with Gasteiger partial charge >= 0.3 is 0 Å². The zero-order valence-electron chi connectivity index (χ0n) is 17.3. The van der Waals surface area contributed by atoms with Gasteiger partial charge in [-0.15, -0.1) is 12.4 Å². The molecule has 0 saturated heterocycles. The van der Waals surface area contributed by atoms with E-state index in [4.69, 9.17) is 15.8 Å². The summed E-state index contributed by atoms with van der Waals surface area (Å²) in [5, 5.41) is 4.72. The predicted molar refractivity (Wildman–Crippen MR) is 117 cm³/mol. The van der Waals surface area contributed by atoms with E-state index in [0.717, 1.165) is 30.1 Å². The summed E-state index contributed by atoms with van der Waals surface area (Å²) in [4.78, 5) is 20.2. The van der Waals surface area contributed by atoms with Crippen molar-refractivity contribution in [2.45, 2.75) is 64.6 Å². The molecule has 2 aromatic rings. The maximum absolute atomic E-state index is 13.3. The van der Waals surface area contributed by atoms with Gasteiger partial charge in [0.2, 0.25) is 5.91 Å². The van der Waals surface area contributed by atoms with Crippen molar-refractivity contribution >= 4 is 18.3 Å². The summed E-state index contributed by atoms with van der Waals surface area (Å²) < 4.78 is 1.98. The first-order valence-corrected chi connectivity index (χ1v) is 10.6. The summed E-state index contributed by atoms with van der Waals surface area (Å²) in [6, 6.07) is 9.54. The third kappa shape index (κ3) is 4.33. The molecular formula is C22H32ClN5O. The SMILES string of the molecule is CC(C)[C@H]1c2nc(-c3ccccc3)nn2CCN1C(=O)[C@@H](N)C1CCCCC1.Cl. The predicted octanol–water partition coefficient (Wildman–Crippen LogP) is 3.81. The monoisotopic (exact) mass is 417 g/mol. The van der Waals surface area contributed by atoms with Crippen LogP contribution in [0, 0.1) is 11.8 Å². The summed E-state index contributed by atoms with van der Waals surface area (Å²) in [7, 11) is 0. The number of halogens is 1. The number of hydrogen-bond donors (Lipinski definition) is 1. The molecule has 0 spiro atoms. The second-order valence-electron chi connectivity index (χ2n) is 8.53. The summed E-state index contributed by atoms with van der Waals surface area (Å²) in [6.45, 7) is 5.60. The fourth-order valence-corrected chi connectivity index (χ4v) is 4.72. The third-order valence-electron chi connectivity index (χ3n) is 6.24. The van der Waals surface area contributed by atoms with Gasteiger partial charge in [-0.05, 0) is 24.7 Å². The van der Waals surface area contributed by atoms with Gasteiger partial charge < -0.3 is 10.6 Å². The van der Waals surface area contributed by atoms with Crippen molar-refractivity contribution in [2.75, 3.05) is 6.54 Å². The molecule has 1 aromatic carbocycles. The number of nitrogens with two attached hydrogens (primary N) is 1. The number of carbonyl (C=O) groups excluding carboxylic acids is 1. The Labute approximate surface area is 179 Å². The Bertz CT molecular complexity index is 816. The van der Waals surface area contributed by atoms with Gasteiger partial charge in [-0.25, -0.2) is 9.67 Å². The molecule has 1 aromatic heterocycles. The summed E-state index contributed by atoms with van der Waals surface area (Å²) in [5.74, 6) is 2.25. The van der Waals surface area contributed by atoms with Gasteiger partial charge in [-0.2, -0.15) is 5.10 Å². The van der Waals surface area contributed by atoms with Crippen molar-refractivity contribution in [3.05, 3.63) is 36.2 Å². The number of rotatable bonds is 4. The van der Waals surface area contributed by atoms with Crippen molar-refractivity contribution in [2.24, 2.45) is 17.6 Å². The van der Waals surface area contributed by atoms with Crippen LogP contribution in [0.5, 0.6) is 0 Å². The Kier molecular flexibility index (Phi) is 6.96. The molecule has 0 radical (unpaired) electrons. The first-order valence-electron chi connectivity index (χ1n) is 10.6. The van der Waals surface area contributed by atoms with Gasteiger partial charge in [0.1, 0.15) is 0 Å². The van der Waals surface area contributed by atoms with Crippen LogP contribution in [0.25, 0.3) is 11.4 Å². The van der Waals surface area contributed by atoms with Gasteiger partial charge in [-0.1, -0.05) is 63.4 Å². The lowest BCUT2D eigenvalue weighted by Gasteiger charge is -2.40. The molecule has 7 heteroatoms. The van der Waals surface area contributed by atoms with E-state index in [1.807, 2.05) is 39.9 Å². The van der Waals surface area contributed by atoms with E-state index >= 15 is 0 Å². The quantitative estimate of drug-likeness (QED) is 0.820. The Morgan fingerprint density at radius 1 is 1.10 bits per heavy atom. The first kappa shape index (κ1) is 21.8. The molecule has 2 heterocycles. The molecule has 0 bridgehead atoms. The molecule has 6 nitrogen and oxygen atoms in total. The average Bonchev–Trinajstić information content (AvgIpc) is 3.17. The van der Waals surface area contributed by atoms with E-state index in [1.54, 1.807) is 0 Å². The van der Waals surface area contributed by atoms with Gasteiger partial charge in [0.25, 0.3) is 0 Å². The molecule has 1 amide bonds. The summed E-state index contributed by atoms with van der Waals surface area (Å²) >= 11 is 0. The van der Waals surface area contributed by atoms with Gasteiger partial charge in [0.05, 0.1) is 18.6 Å². The van der Waals surface area contributed by atoms with E-state index in [2.05, 4.69) is 13.8 Å². The zero-order chi connectivity index (χ0) is 19.7. The van der Waals surface area contributed by atoms with Crippen molar-refractivity contribution in [1.29, 1.82) is 0 Å². The third-order valence-corrected chi connectivity index (χ3v) is 6.24. The standard InChI is InChI=1S/C22H31N5O.ClH/c1-15(2)19-21-24-20(17-11-7-4-8-12-17)25-27(21)14-13-26(19)22(28)18(23)16-9-5-3-6-10-16;/h4,7-8,11-12,15-16,18-19H,3,5-6,9-10,13-14,23H2,1-2H3;1H/t18-,19-;/m0./s1. The normalized spacial score (nSPS) is 20.8. The maximum atomic E-state index is 13.3. The summed E-state index contributed by atoms with van der Waals surface area (Å²) in [6.07, 6.45) is 5.78. The molecule has 29 heavy (non-hydrogen) atoms. The number of amides is 1. The van der Waals surface area contributed by atoms with Crippen LogP contribution in [0.2, 0.25) is 0 Å². The van der Waals surface area contributed by atoms with Crippen LogP contribution in [0.4, 0.5) is 0 Å².